The van der Waals surface area contributed by atoms with Gasteiger partial charge in [-0.15, -0.1) is 0 Å². The van der Waals surface area contributed by atoms with Crippen LogP contribution >= 0.6 is 0 Å². The van der Waals surface area contributed by atoms with Crippen LogP contribution in [0, 0.1) is 13.8 Å². The number of amides is 1. The second-order valence-electron chi connectivity index (χ2n) is 7.57. The van der Waals surface area contributed by atoms with Gasteiger partial charge in [0.15, 0.2) is 6.04 Å². The van der Waals surface area contributed by atoms with Crippen molar-refractivity contribution in [2.24, 2.45) is 0 Å². The summed E-state index contributed by atoms with van der Waals surface area (Å²) in [6, 6.07) is 12.5. The highest BCUT2D eigenvalue weighted by molar-refractivity contribution is 5.96. The first-order chi connectivity index (χ1) is 15.5. The Balaban J connectivity index is 1.94. The Bertz CT molecular complexity index is 1230. The number of nitrogens with one attached hydrogen (secondary N) is 1. The molecule has 0 fully saturated rings. The number of benzene rings is 2. The molecule has 0 saturated carbocycles. The third-order valence-electron chi connectivity index (χ3n) is 5.33. The third-order valence-corrected chi connectivity index (χ3v) is 5.33. The highest BCUT2D eigenvalue weighted by atomic mass is 19.4. The molecule has 0 aliphatic carbocycles. The maximum absolute atomic E-state index is 13.1. The first kappa shape index (κ1) is 23.8. The van der Waals surface area contributed by atoms with Gasteiger partial charge < -0.3 is 15.0 Å². The van der Waals surface area contributed by atoms with Gasteiger partial charge in [-0.2, -0.15) is 13.2 Å². The summed E-state index contributed by atoms with van der Waals surface area (Å²) in [5.41, 5.74) is 0.179. The van der Waals surface area contributed by atoms with Crippen molar-refractivity contribution in [1.82, 2.24) is 9.88 Å². The molecule has 0 spiro atoms. The zero-order chi connectivity index (χ0) is 24.3. The maximum atomic E-state index is 13.1. The molecule has 1 aromatic heterocycles. The fourth-order valence-electron chi connectivity index (χ4n) is 3.37. The van der Waals surface area contributed by atoms with Crippen molar-refractivity contribution in [1.29, 1.82) is 0 Å². The van der Waals surface area contributed by atoms with Gasteiger partial charge in [0.25, 0.3) is 11.5 Å². The molecule has 1 amide bonds. The van der Waals surface area contributed by atoms with Crippen molar-refractivity contribution in [2.45, 2.75) is 32.6 Å². The normalized spacial score (nSPS) is 12.3. The molecule has 2 N–H and O–H groups in total. The fourth-order valence-corrected chi connectivity index (χ4v) is 3.37. The van der Waals surface area contributed by atoms with Gasteiger partial charge in [-0.25, -0.2) is 4.79 Å². The van der Waals surface area contributed by atoms with Crippen LogP contribution in [0.2, 0.25) is 0 Å². The van der Waals surface area contributed by atoms with Gasteiger partial charge in [0.05, 0.1) is 12.1 Å². The van der Waals surface area contributed by atoms with Gasteiger partial charge in [0.1, 0.15) is 5.56 Å². The van der Waals surface area contributed by atoms with Crippen molar-refractivity contribution in [3.05, 3.63) is 105 Å². The van der Waals surface area contributed by atoms with Crippen LogP contribution in [0.3, 0.4) is 0 Å². The number of aromatic nitrogens is 1. The molecule has 0 aliphatic rings. The number of hydrogen-bond acceptors (Lipinski definition) is 3. The Morgan fingerprint density at radius 3 is 2.18 bits per heavy atom. The summed E-state index contributed by atoms with van der Waals surface area (Å²) in [5, 5.41) is 11.9. The van der Waals surface area contributed by atoms with E-state index in [1.54, 1.807) is 44.2 Å². The van der Waals surface area contributed by atoms with Crippen molar-refractivity contribution in [3.63, 3.8) is 0 Å². The van der Waals surface area contributed by atoms with E-state index < -0.39 is 35.2 Å². The third kappa shape index (κ3) is 5.31. The lowest BCUT2D eigenvalue weighted by atomic mass is 10.1. The molecule has 1 atom stereocenters. The molecule has 1 heterocycles. The van der Waals surface area contributed by atoms with Crippen LogP contribution in [0.15, 0.2) is 65.5 Å². The van der Waals surface area contributed by atoms with E-state index >= 15 is 0 Å². The van der Waals surface area contributed by atoms with E-state index in [2.05, 4.69) is 5.32 Å². The minimum Gasteiger partial charge on any atom is -0.479 e. The minimum atomic E-state index is -4.47. The molecule has 3 aromatic rings. The Kier molecular flexibility index (Phi) is 6.71. The quantitative estimate of drug-likeness (QED) is 0.583. The lowest BCUT2D eigenvalue weighted by Crippen LogP contribution is -2.38. The summed E-state index contributed by atoms with van der Waals surface area (Å²) in [6.45, 7) is 3.29. The van der Waals surface area contributed by atoms with Gasteiger partial charge in [-0.1, -0.05) is 42.5 Å². The summed E-state index contributed by atoms with van der Waals surface area (Å²) >= 11 is 0. The van der Waals surface area contributed by atoms with E-state index in [0.29, 0.717) is 22.4 Å². The molecule has 9 heteroatoms. The van der Waals surface area contributed by atoms with Gasteiger partial charge in [-0.05, 0) is 48.7 Å². The Morgan fingerprint density at radius 2 is 1.64 bits per heavy atom. The molecule has 0 aliphatic heterocycles. The number of carboxylic acid groups (broad SMARTS) is 1. The average molecular weight is 458 g/mol. The molecule has 33 heavy (non-hydrogen) atoms. The van der Waals surface area contributed by atoms with Gasteiger partial charge in [0, 0.05) is 5.69 Å². The second kappa shape index (κ2) is 9.32. The Labute approximate surface area is 187 Å². The molecule has 0 bridgehead atoms. The van der Waals surface area contributed by atoms with E-state index in [9.17, 15) is 32.7 Å². The maximum Gasteiger partial charge on any atom is 0.416 e. The molecule has 0 radical (unpaired) electrons. The zero-order valence-electron chi connectivity index (χ0n) is 17.8. The fraction of sp³-hybridized carbons (Fsp3) is 0.208. The van der Waals surface area contributed by atoms with E-state index in [0.717, 1.165) is 12.1 Å². The number of carbonyl (C=O) groups is 2. The molecule has 2 aromatic carbocycles. The summed E-state index contributed by atoms with van der Waals surface area (Å²) in [5.74, 6) is -2.15. The summed E-state index contributed by atoms with van der Waals surface area (Å²) in [6.07, 6.45) is -4.47. The summed E-state index contributed by atoms with van der Waals surface area (Å²) in [4.78, 5) is 37.6. The Morgan fingerprint density at radius 1 is 1.03 bits per heavy atom. The van der Waals surface area contributed by atoms with Crippen LogP contribution in [0.5, 0.6) is 0 Å². The number of halogens is 3. The number of rotatable bonds is 6. The highest BCUT2D eigenvalue weighted by Gasteiger charge is 2.30. The second-order valence-corrected chi connectivity index (χ2v) is 7.57. The molecule has 0 saturated heterocycles. The molecule has 172 valence electrons. The first-order valence-electron chi connectivity index (χ1n) is 9.95. The zero-order valence-corrected chi connectivity index (χ0v) is 17.8. The number of alkyl halides is 3. The monoisotopic (exact) mass is 458 g/mol. The van der Waals surface area contributed by atoms with Crippen molar-refractivity contribution < 1.29 is 27.9 Å². The van der Waals surface area contributed by atoms with Gasteiger partial charge >= 0.3 is 12.1 Å². The molecule has 3 rings (SSSR count). The van der Waals surface area contributed by atoms with Crippen LogP contribution in [0.1, 0.15) is 44.3 Å². The van der Waals surface area contributed by atoms with E-state index in [1.165, 1.54) is 22.8 Å². The Hall–Kier alpha value is -3.88. The van der Waals surface area contributed by atoms with Crippen molar-refractivity contribution in [3.8, 4) is 0 Å². The number of carbonyl (C=O) groups excluding carboxylic acids is 1. The topological polar surface area (TPSA) is 88.4 Å². The van der Waals surface area contributed by atoms with Gasteiger partial charge in [-0.3, -0.25) is 9.59 Å². The number of nitrogens with zero attached hydrogens (tertiary/aromatic N) is 1. The summed E-state index contributed by atoms with van der Waals surface area (Å²) < 4.78 is 39.7. The standard InChI is InChI=1S/C24H21F3N2O4/c1-14-12-19(21(30)28-20(23(32)33)17-6-4-3-5-7-17)22(31)29(15(14)2)13-16-8-10-18(11-9-16)24(25,26)27/h3-12,20H,13H2,1-2H3,(H,28,30)(H,32,33)/t20-/m0/s1. The van der Waals surface area contributed by atoms with Crippen LogP contribution in [0.4, 0.5) is 13.2 Å². The van der Waals surface area contributed by atoms with E-state index in [-0.39, 0.29) is 12.1 Å². The van der Waals surface area contributed by atoms with Gasteiger partial charge in [0.2, 0.25) is 0 Å². The van der Waals surface area contributed by atoms with Crippen LogP contribution in [0.25, 0.3) is 0 Å². The first-order valence-corrected chi connectivity index (χ1v) is 9.95. The van der Waals surface area contributed by atoms with Crippen LogP contribution in [-0.2, 0) is 17.5 Å². The minimum absolute atomic E-state index is 0.0498. The molecule has 6 nitrogen and oxygen atoms in total. The predicted octanol–water partition coefficient (Wildman–Crippen LogP) is 4.09. The average Bonchev–Trinajstić information content (AvgIpc) is 2.77. The van der Waals surface area contributed by atoms with Crippen molar-refractivity contribution in [2.75, 3.05) is 0 Å². The lowest BCUT2D eigenvalue weighted by Gasteiger charge is -2.18. The highest BCUT2D eigenvalue weighted by Crippen LogP contribution is 2.29. The van der Waals surface area contributed by atoms with Crippen LogP contribution in [-0.4, -0.2) is 21.6 Å². The number of carboxylic acids is 1. The predicted molar refractivity (Wildman–Crippen MR) is 115 cm³/mol. The van der Waals surface area contributed by atoms with Crippen LogP contribution < -0.4 is 10.9 Å². The number of hydrogen-bond donors (Lipinski definition) is 2. The molecule has 0 unspecified atom stereocenters. The number of aliphatic carboxylic acids is 1. The molecular formula is C24H21F3N2O4. The number of aryl methyl sites for hydroxylation is 1. The summed E-state index contributed by atoms with van der Waals surface area (Å²) in [7, 11) is 0. The molecular weight excluding hydrogens is 437 g/mol. The number of pyridine rings is 1. The lowest BCUT2D eigenvalue weighted by molar-refractivity contribution is -0.139. The SMILES string of the molecule is Cc1cc(C(=O)N[C@H](C(=O)O)c2ccccc2)c(=O)n(Cc2ccc(C(F)(F)F)cc2)c1C. The van der Waals surface area contributed by atoms with Crippen molar-refractivity contribution >= 4 is 11.9 Å². The van der Waals surface area contributed by atoms with E-state index in [1.807, 2.05) is 0 Å². The van der Waals surface area contributed by atoms with E-state index in [4.69, 9.17) is 0 Å². The largest absolute Gasteiger partial charge is 0.479 e. The smallest absolute Gasteiger partial charge is 0.416 e.